The zero-order chi connectivity index (χ0) is 14.9. The lowest BCUT2D eigenvalue weighted by molar-refractivity contribution is 0.263. The average molecular weight is 316 g/mol. The summed E-state index contributed by atoms with van der Waals surface area (Å²) in [7, 11) is 0. The molecule has 0 aromatic carbocycles. The Kier molecular flexibility index (Phi) is 4.70. The first kappa shape index (κ1) is 15.7. The van der Waals surface area contributed by atoms with E-state index in [1.54, 1.807) is 6.07 Å². The Morgan fingerprint density at radius 2 is 2.05 bits per heavy atom. The van der Waals surface area contributed by atoms with Crippen LogP contribution in [0, 0.1) is 11.3 Å². The monoisotopic (exact) mass is 315 g/mol. The molecule has 0 bridgehead atoms. The summed E-state index contributed by atoms with van der Waals surface area (Å²) in [5.41, 5.74) is 0.318. The molecule has 1 saturated heterocycles. The Balaban J connectivity index is 2.23. The second-order valence-electron chi connectivity index (χ2n) is 6.45. The van der Waals surface area contributed by atoms with Crippen molar-refractivity contribution in [1.82, 2.24) is 4.98 Å². The van der Waals surface area contributed by atoms with Crippen molar-refractivity contribution in [3.63, 3.8) is 0 Å². The predicted molar refractivity (Wildman–Crippen MR) is 88.2 cm³/mol. The van der Waals surface area contributed by atoms with Crippen LogP contribution in [0.1, 0.15) is 34.1 Å². The molecule has 0 saturated carbocycles. The van der Waals surface area contributed by atoms with Crippen molar-refractivity contribution < 1.29 is 0 Å². The fraction of sp³-hybridized carbons (Fsp3) is 0.667. The average Bonchev–Trinajstić information content (AvgIpc) is 2.81. The van der Waals surface area contributed by atoms with E-state index < -0.39 is 0 Å². The largest absolute Gasteiger partial charge is 0.369 e. The van der Waals surface area contributed by atoms with Crippen LogP contribution >= 0.6 is 23.2 Å². The first-order valence-electron chi connectivity index (χ1n) is 7.17. The van der Waals surface area contributed by atoms with Crippen molar-refractivity contribution in [2.75, 3.05) is 29.9 Å². The minimum absolute atomic E-state index is 0.318. The van der Waals surface area contributed by atoms with Gasteiger partial charge < -0.3 is 10.2 Å². The van der Waals surface area contributed by atoms with Crippen molar-refractivity contribution >= 4 is 34.8 Å². The molecule has 1 aliphatic heterocycles. The van der Waals surface area contributed by atoms with Crippen LogP contribution in [0.25, 0.3) is 0 Å². The van der Waals surface area contributed by atoms with Crippen molar-refractivity contribution in [3.05, 3.63) is 16.1 Å². The standard InChI is InChI=1S/C15H23Cl2N3/c1-5-18-13-11(16)8-12(17)14(19-13)20-7-6-10(9-20)15(2,3)4/h8,10H,5-7,9H2,1-4H3,(H,18,19). The molecule has 3 nitrogen and oxygen atoms in total. The quantitative estimate of drug-likeness (QED) is 0.876. The van der Waals surface area contributed by atoms with Crippen LogP contribution in [0.4, 0.5) is 11.6 Å². The van der Waals surface area contributed by atoms with E-state index >= 15 is 0 Å². The van der Waals surface area contributed by atoms with Gasteiger partial charge in [0.25, 0.3) is 0 Å². The molecule has 1 aromatic heterocycles. The highest BCUT2D eigenvalue weighted by molar-refractivity contribution is 6.37. The maximum absolute atomic E-state index is 6.33. The molecule has 1 unspecified atom stereocenters. The Labute approximate surface area is 131 Å². The van der Waals surface area contributed by atoms with Crippen molar-refractivity contribution in [1.29, 1.82) is 0 Å². The fourth-order valence-corrected chi connectivity index (χ4v) is 3.17. The molecule has 0 amide bonds. The lowest BCUT2D eigenvalue weighted by Gasteiger charge is -2.27. The van der Waals surface area contributed by atoms with Crippen LogP contribution in [0.3, 0.4) is 0 Å². The van der Waals surface area contributed by atoms with E-state index in [9.17, 15) is 0 Å². The molecule has 20 heavy (non-hydrogen) atoms. The van der Waals surface area contributed by atoms with Gasteiger partial charge in [-0.25, -0.2) is 4.98 Å². The molecule has 1 aliphatic rings. The Hall–Kier alpha value is -0.670. The molecule has 5 heteroatoms. The Morgan fingerprint density at radius 3 is 2.60 bits per heavy atom. The SMILES string of the molecule is CCNc1nc(N2CCC(C(C)(C)C)C2)c(Cl)cc1Cl. The van der Waals surface area contributed by atoms with Crippen molar-refractivity contribution in [2.45, 2.75) is 34.1 Å². The molecule has 2 heterocycles. The lowest BCUT2D eigenvalue weighted by atomic mass is 9.80. The zero-order valence-corrected chi connectivity index (χ0v) is 14.1. The van der Waals surface area contributed by atoms with Gasteiger partial charge in [-0.2, -0.15) is 0 Å². The second kappa shape index (κ2) is 5.98. The van der Waals surface area contributed by atoms with Gasteiger partial charge in [0.15, 0.2) is 0 Å². The van der Waals surface area contributed by atoms with Crippen LogP contribution in [0.15, 0.2) is 6.07 Å². The topological polar surface area (TPSA) is 28.2 Å². The predicted octanol–water partition coefficient (Wildman–Crippen LogP) is 4.69. The number of aromatic nitrogens is 1. The Bertz CT molecular complexity index is 483. The molecule has 1 N–H and O–H groups in total. The highest BCUT2D eigenvalue weighted by atomic mass is 35.5. The number of pyridine rings is 1. The zero-order valence-electron chi connectivity index (χ0n) is 12.6. The third-order valence-corrected chi connectivity index (χ3v) is 4.53. The summed E-state index contributed by atoms with van der Waals surface area (Å²) < 4.78 is 0. The Morgan fingerprint density at radius 1 is 1.35 bits per heavy atom. The van der Waals surface area contributed by atoms with E-state index in [-0.39, 0.29) is 0 Å². The van der Waals surface area contributed by atoms with Crippen LogP contribution < -0.4 is 10.2 Å². The maximum atomic E-state index is 6.33. The number of rotatable bonds is 3. The van der Waals surface area contributed by atoms with E-state index in [2.05, 4.69) is 36.0 Å². The highest BCUT2D eigenvalue weighted by Gasteiger charge is 2.33. The molecule has 0 radical (unpaired) electrons. The second-order valence-corrected chi connectivity index (χ2v) is 7.27. The number of halogens is 2. The van der Waals surface area contributed by atoms with Crippen LogP contribution in [0.5, 0.6) is 0 Å². The number of hydrogen-bond acceptors (Lipinski definition) is 3. The van der Waals surface area contributed by atoms with Gasteiger partial charge in [-0.05, 0) is 30.7 Å². The first-order valence-corrected chi connectivity index (χ1v) is 7.93. The molecule has 1 aromatic rings. The van der Waals surface area contributed by atoms with E-state index in [1.807, 2.05) is 6.92 Å². The molecule has 1 atom stereocenters. The molecule has 2 rings (SSSR count). The molecular weight excluding hydrogens is 293 g/mol. The normalized spacial score (nSPS) is 19.5. The van der Waals surface area contributed by atoms with Gasteiger partial charge in [0.2, 0.25) is 0 Å². The third-order valence-electron chi connectivity index (χ3n) is 3.97. The van der Waals surface area contributed by atoms with E-state index in [1.165, 1.54) is 6.42 Å². The van der Waals surface area contributed by atoms with Gasteiger partial charge in [0.05, 0.1) is 10.0 Å². The summed E-state index contributed by atoms with van der Waals surface area (Å²) in [5.74, 6) is 2.23. The van der Waals surface area contributed by atoms with Crippen LogP contribution in [-0.4, -0.2) is 24.6 Å². The molecular formula is C15H23Cl2N3. The summed E-state index contributed by atoms with van der Waals surface area (Å²) >= 11 is 12.5. The molecule has 0 spiro atoms. The molecule has 1 fully saturated rings. The summed E-state index contributed by atoms with van der Waals surface area (Å²) in [6, 6.07) is 1.79. The molecule has 0 aliphatic carbocycles. The minimum Gasteiger partial charge on any atom is -0.369 e. The number of anilines is 2. The van der Waals surface area contributed by atoms with Gasteiger partial charge in [-0.15, -0.1) is 0 Å². The smallest absolute Gasteiger partial charge is 0.149 e. The van der Waals surface area contributed by atoms with E-state index in [4.69, 9.17) is 23.2 Å². The summed E-state index contributed by atoms with van der Waals surface area (Å²) in [6.45, 7) is 11.7. The van der Waals surface area contributed by atoms with Gasteiger partial charge in [0.1, 0.15) is 11.6 Å². The number of hydrogen-bond donors (Lipinski definition) is 1. The fourth-order valence-electron chi connectivity index (χ4n) is 2.63. The van der Waals surface area contributed by atoms with Gasteiger partial charge >= 0.3 is 0 Å². The van der Waals surface area contributed by atoms with E-state index in [0.717, 1.165) is 25.5 Å². The lowest BCUT2D eigenvalue weighted by Crippen LogP contribution is -2.26. The first-order chi connectivity index (χ1) is 9.32. The summed E-state index contributed by atoms with van der Waals surface area (Å²) in [5, 5.41) is 4.39. The van der Waals surface area contributed by atoms with Crippen molar-refractivity contribution in [2.24, 2.45) is 11.3 Å². The summed E-state index contributed by atoms with van der Waals surface area (Å²) in [6.07, 6.45) is 1.18. The van der Waals surface area contributed by atoms with Gasteiger partial charge in [0, 0.05) is 19.6 Å². The third kappa shape index (κ3) is 3.32. The highest BCUT2D eigenvalue weighted by Crippen LogP contribution is 2.38. The van der Waals surface area contributed by atoms with Crippen molar-refractivity contribution in [3.8, 4) is 0 Å². The van der Waals surface area contributed by atoms with Crippen LogP contribution in [-0.2, 0) is 0 Å². The maximum Gasteiger partial charge on any atom is 0.149 e. The molecule has 112 valence electrons. The van der Waals surface area contributed by atoms with E-state index in [0.29, 0.717) is 27.2 Å². The summed E-state index contributed by atoms with van der Waals surface area (Å²) in [4.78, 5) is 6.88. The van der Waals surface area contributed by atoms with Crippen LogP contribution in [0.2, 0.25) is 10.0 Å². The number of nitrogens with zero attached hydrogens (tertiary/aromatic N) is 2. The number of nitrogens with one attached hydrogen (secondary N) is 1. The minimum atomic E-state index is 0.318. The van der Waals surface area contributed by atoms with Gasteiger partial charge in [-0.1, -0.05) is 44.0 Å². The van der Waals surface area contributed by atoms with Gasteiger partial charge in [-0.3, -0.25) is 0 Å².